The fraction of sp³-hybridized carbons (Fsp3) is 0.250. The van der Waals surface area contributed by atoms with Crippen LogP contribution in [0.5, 0.6) is 11.5 Å². The zero-order valence-electron chi connectivity index (χ0n) is 18.1. The normalized spacial score (nSPS) is 12.8. The number of aromatic nitrogens is 4. The molecule has 2 aromatic heterocycles. The fourth-order valence-electron chi connectivity index (χ4n) is 3.80. The molecule has 0 saturated carbocycles. The van der Waals surface area contributed by atoms with Gasteiger partial charge in [0.05, 0.1) is 7.11 Å². The number of nitrogens with zero attached hydrogens (tertiary/aromatic N) is 3. The maximum Gasteiger partial charge on any atom is 0.276 e. The summed E-state index contributed by atoms with van der Waals surface area (Å²) >= 11 is 0. The standard InChI is InChI=1S/C24H23N5O4/c1-31-17-10-6-15(7-11-17)24-29-27-21(33-24)14-32-18-12-8-16(9-13-18)25-23(30)22-19-4-2-3-5-20(19)26-28-22/h6-13H,2-5,14H2,1H3,(H,25,30)(H,26,28). The summed E-state index contributed by atoms with van der Waals surface area (Å²) < 4.78 is 16.6. The molecule has 168 valence electrons. The fourth-order valence-corrected chi connectivity index (χ4v) is 3.80. The highest BCUT2D eigenvalue weighted by Gasteiger charge is 2.21. The lowest BCUT2D eigenvalue weighted by molar-refractivity contribution is 0.102. The van der Waals surface area contributed by atoms with Crippen LogP contribution in [-0.4, -0.2) is 33.4 Å². The van der Waals surface area contributed by atoms with Gasteiger partial charge in [-0.2, -0.15) is 5.10 Å². The summed E-state index contributed by atoms with van der Waals surface area (Å²) in [6.07, 6.45) is 4.05. The van der Waals surface area contributed by atoms with Crippen molar-refractivity contribution in [1.29, 1.82) is 0 Å². The van der Waals surface area contributed by atoms with Gasteiger partial charge >= 0.3 is 0 Å². The van der Waals surface area contributed by atoms with Crippen molar-refractivity contribution in [3.63, 3.8) is 0 Å². The van der Waals surface area contributed by atoms with Crippen molar-refractivity contribution < 1.29 is 18.7 Å². The number of aromatic amines is 1. The molecule has 0 aliphatic heterocycles. The summed E-state index contributed by atoms with van der Waals surface area (Å²) in [4.78, 5) is 12.6. The molecule has 0 fully saturated rings. The number of anilines is 1. The molecule has 5 rings (SSSR count). The number of hydrogen-bond acceptors (Lipinski definition) is 7. The molecule has 0 saturated heterocycles. The topological polar surface area (TPSA) is 115 Å². The van der Waals surface area contributed by atoms with E-state index >= 15 is 0 Å². The van der Waals surface area contributed by atoms with Gasteiger partial charge < -0.3 is 19.2 Å². The third-order valence-electron chi connectivity index (χ3n) is 5.55. The van der Waals surface area contributed by atoms with Gasteiger partial charge in [0, 0.05) is 22.5 Å². The first-order valence-electron chi connectivity index (χ1n) is 10.8. The average Bonchev–Trinajstić information content (AvgIpc) is 3.51. The Hall–Kier alpha value is -4.14. The van der Waals surface area contributed by atoms with Crippen molar-refractivity contribution >= 4 is 11.6 Å². The van der Waals surface area contributed by atoms with Crippen LogP contribution >= 0.6 is 0 Å². The summed E-state index contributed by atoms with van der Waals surface area (Å²) in [5.74, 6) is 1.94. The lowest BCUT2D eigenvalue weighted by Gasteiger charge is -2.11. The lowest BCUT2D eigenvalue weighted by Crippen LogP contribution is -2.15. The SMILES string of the molecule is COc1ccc(-c2nnc(COc3ccc(NC(=O)c4n[nH]c5c4CCCC5)cc3)o2)cc1. The van der Waals surface area contributed by atoms with Gasteiger partial charge in [-0.3, -0.25) is 9.89 Å². The van der Waals surface area contributed by atoms with E-state index in [4.69, 9.17) is 13.9 Å². The second kappa shape index (κ2) is 9.15. The van der Waals surface area contributed by atoms with Gasteiger partial charge in [-0.05, 0) is 74.2 Å². The van der Waals surface area contributed by atoms with E-state index in [0.29, 0.717) is 28.9 Å². The predicted octanol–water partition coefficient (Wildman–Crippen LogP) is 4.18. The Morgan fingerprint density at radius 2 is 1.79 bits per heavy atom. The van der Waals surface area contributed by atoms with E-state index in [0.717, 1.165) is 48.3 Å². The number of ether oxygens (including phenoxy) is 2. The molecule has 4 aromatic rings. The van der Waals surface area contributed by atoms with Crippen LogP contribution in [0.25, 0.3) is 11.5 Å². The Kier molecular flexibility index (Phi) is 5.75. The van der Waals surface area contributed by atoms with E-state index in [1.165, 1.54) is 0 Å². The second-order valence-corrected chi connectivity index (χ2v) is 7.73. The number of methoxy groups -OCH3 is 1. The Bertz CT molecular complexity index is 1240. The molecule has 0 spiro atoms. The molecular weight excluding hydrogens is 422 g/mol. The highest BCUT2D eigenvalue weighted by atomic mass is 16.5. The first-order valence-corrected chi connectivity index (χ1v) is 10.8. The zero-order valence-corrected chi connectivity index (χ0v) is 18.1. The Balaban J connectivity index is 1.17. The van der Waals surface area contributed by atoms with E-state index in [1.807, 2.05) is 24.3 Å². The first-order chi connectivity index (χ1) is 16.2. The van der Waals surface area contributed by atoms with Gasteiger partial charge in [-0.1, -0.05) is 0 Å². The molecule has 2 heterocycles. The molecule has 1 amide bonds. The van der Waals surface area contributed by atoms with E-state index in [2.05, 4.69) is 25.7 Å². The van der Waals surface area contributed by atoms with E-state index < -0.39 is 0 Å². The summed E-state index contributed by atoms with van der Waals surface area (Å²) in [6.45, 7) is 0.133. The molecule has 0 bridgehead atoms. The molecule has 0 unspecified atom stereocenters. The second-order valence-electron chi connectivity index (χ2n) is 7.73. The van der Waals surface area contributed by atoms with E-state index in [1.54, 1.807) is 31.4 Å². The molecule has 2 N–H and O–H groups in total. The smallest absolute Gasteiger partial charge is 0.276 e. The number of amides is 1. The molecule has 33 heavy (non-hydrogen) atoms. The van der Waals surface area contributed by atoms with Gasteiger partial charge in [0.1, 0.15) is 11.5 Å². The maximum absolute atomic E-state index is 12.6. The molecule has 0 radical (unpaired) electrons. The third kappa shape index (κ3) is 4.57. The quantitative estimate of drug-likeness (QED) is 0.438. The number of fused-ring (bicyclic) bond motifs is 1. The van der Waals surface area contributed by atoms with Gasteiger partial charge in [0.25, 0.3) is 11.8 Å². The average molecular weight is 445 g/mol. The van der Waals surface area contributed by atoms with Crippen LogP contribution in [0.15, 0.2) is 52.9 Å². The van der Waals surface area contributed by atoms with Gasteiger partial charge in [-0.25, -0.2) is 0 Å². The highest BCUT2D eigenvalue weighted by Crippen LogP contribution is 2.24. The van der Waals surface area contributed by atoms with Gasteiger partial charge in [0.2, 0.25) is 5.89 Å². The molecule has 1 aliphatic carbocycles. The van der Waals surface area contributed by atoms with E-state index in [9.17, 15) is 4.79 Å². The summed E-state index contributed by atoms with van der Waals surface area (Å²) in [7, 11) is 1.61. The number of rotatable bonds is 7. The van der Waals surface area contributed by atoms with Crippen LogP contribution in [0.1, 0.15) is 40.5 Å². The number of H-pyrrole nitrogens is 1. The lowest BCUT2D eigenvalue weighted by atomic mass is 9.96. The number of hydrogen-bond donors (Lipinski definition) is 2. The summed E-state index contributed by atoms with van der Waals surface area (Å²) in [5, 5.41) is 18.2. The van der Waals surface area contributed by atoms with Crippen molar-refractivity contribution in [2.24, 2.45) is 0 Å². The number of nitrogens with one attached hydrogen (secondary N) is 2. The monoisotopic (exact) mass is 445 g/mol. The number of carbonyl (C=O) groups excluding carboxylic acids is 1. The number of aryl methyl sites for hydroxylation is 1. The molecule has 0 atom stereocenters. The number of carbonyl (C=O) groups is 1. The van der Waals surface area contributed by atoms with Crippen LogP contribution in [0.2, 0.25) is 0 Å². The minimum Gasteiger partial charge on any atom is -0.497 e. The summed E-state index contributed by atoms with van der Waals surface area (Å²) in [6, 6.07) is 14.5. The molecule has 9 heteroatoms. The van der Waals surface area contributed by atoms with Crippen molar-refractivity contribution in [1.82, 2.24) is 20.4 Å². The largest absolute Gasteiger partial charge is 0.497 e. The molecule has 2 aromatic carbocycles. The van der Waals surface area contributed by atoms with Crippen LogP contribution in [0, 0.1) is 0 Å². The van der Waals surface area contributed by atoms with Gasteiger partial charge in [-0.15, -0.1) is 10.2 Å². The Morgan fingerprint density at radius 1 is 1.03 bits per heavy atom. The van der Waals surface area contributed by atoms with Crippen LogP contribution in [-0.2, 0) is 19.4 Å². The van der Waals surface area contributed by atoms with Gasteiger partial charge in [0.15, 0.2) is 12.3 Å². The highest BCUT2D eigenvalue weighted by molar-refractivity contribution is 6.04. The van der Waals surface area contributed by atoms with E-state index in [-0.39, 0.29) is 12.5 Å². The van der Waals surface area contributed by atoms with Crippen molar-refractivity contribution in [3.05, 3.63) is 71.4 Å². The van der Waals surface area contributed by atoms with Crippen molar-refractivity contribution in [2.75, 3.05) is 12.4 Å². The zero-order chi connectivity index (χ0) is 22.6. The third-order valence-corrected chi connectivity index (χ3v) is 5.55. The van der Waals surface area contributed by atoms with Crippen LogP contribution < -0.4 is 14.8 Å². The summed E-state index contributed by atoms with van der Waals surface area (Å²) in [5.41, 5.74) is 4.06. The maximum atomic E-state index is 12.6. The Labute approximate surface area is 190 Å². The number of benzene rings is 2. The van der Waals surface area contributed by atoms with Crippen molar-refractivity contribution in [2.45, 2.75) is 32.3 Å². The van der Waals surface area contributed by atoms with Crippen LogP contribution in [0.3, 0.4) is 0 Å². The first kappa shape index (κ1) is 20.7. The predicted molar refractivity (Wildman–Crippen MR) is 120 cm³/mol. The minimum absolute atomic E-state index is 0.133. The minimum atomic E-state index is -0.208. The Morgan fingerprint density at radius 3 is 2.58 bits per heavy atom. The molecule has 9 nitrogen and oxygen atoms in total. The van der Waals surface area contributed by atoms with Crippen molar-refractivity contribution in [3.8, 4) is 23.0 Å². The molecule has 1 aliphatic rings. The van der Waals surface area contributed by atoms with Crippen LogP contribution in [0.4, 0.5) is 5.69 Å². The molecular formula is C24H23N5O4.